The lowest BCUT2D eigenvalue weighted by molar-refractivity contribution is 0.146. The molecule has 2 atom stereocenters. The van der Waals surface area contributed by atoms with Gasteiger partial charge in [-0.15, -0.1) is 0 Å². The molecule has 0 aliphatic rings. The molecule has 0 heterocycles. The van der Waals surface area contributed by atoms with Crippen LogP contribution in [-0.2, 0) is 0 Å². The second kappa shape index (κ2) is 6.80. The molecule has 0 bridgehead atoms. The van der Waals surface area contributed by atoms with Crippen LogP contribution in [0.5, 0.6) is 0 Å². The molecule has 2 aromatic rings. The van der Waals surface area contributed by atoms with Crippen molar-refractivity contribution in [3.05, 3.63) is 68.7 Å². The van der Waals surface area contributed by atoms with E-state index in [9.17, 15) is 5.11 Å². The third-order valence-electron chi connectivity index (χ3n) is 3.83. The highest BCUT2D eigenvalue weighted by Gasteiger charge is 2.25. The largest absolute Gasteiger partial charge is 0.388 e. The van der Waals surface area contributed by atoms with Crippen LogP contribution < -0.4 is 5.73 Å². The average molecular weight is 324 g/mol. The highest BCUT2D eigenvalue weighted by molar-refractivity contribution is 6.35. The van der Waals surface area contributed by atoms with Crippen molar-refractivity contribution >= 4 is 23.2 Å². The first kappa shape index (κ1) is 16.3. The Labute approximate surface area is 135 Å². The number of aliphatic hydroxyl groups is 1. The monoisotopic (exact) mass is 323 g/mol. The van der Waals surface area contributed by atoms with Crippen LogP contribution in [0, 0.1) is 13.8 Å². The van der Waals surface area contributed by atoms with Gasteiger partial charge in [-0.1, -0.05) is 47.5 Å². The van der Waals surface area contributed by atoms with Crippen molar-refractivity contribution < 1.29 is 5.11 Å². The van der Waals surface area contributed by atoms with Crippen LogP contribution >= 0.6 is 23.2 Å². The Bertz CT molecular complexity index is 622. The van der Waals surface area contributed by atoms with Gasteiger partial charge in [-0.3, -0.25) is 0 Å². The van der Waals surface area contributed by atoms with Gasteiger partial charge in [0.2, 0.25) is 0 Å². The van der Waals surface area contributed by atoms with E-state index in [1.807, 2.05) is 38.1 Å². The summed E-state index contributed by atoms with van der Waals surface area (Å²) in [5.74, 6) is -0.269. The van der Waals surface area contributed by atoms with Crippen molar-refractivity contribution in [1.82, 2.24) is 0 Å². The maximum Gasteiger partial charge on any atom is 0.0876 e. The highest BCUT2D eigenvalue weighted by atomic mass is 35.5. The summed E-state index contributed by atoms with van der Waals surface area (Å²) in [6, 6.07) is 11.2. The lowest BCUT2D eigenvalue weighted by Gasteiger charge is -2.26. The Morgan fingerprint density at radius 1 is 1.10 bits per heavy atom. The van der Waals surface area contributed by atoms with Gasteiger partial charge in [0.1, 0.15) is 0 Å². The molecule has 2 nitrogen and oxygen atoms in total. The van der Waals surface area contributed by atoms with E-state index in [-0.39, 0.29) is 5.92 Å². The van der Waals surface area contributed by atoms with Crippen LogP contribution in [0.15, 0.2) is 36.4 Å². The minimum Gasteiger partial charge on any atom is -0.388 e. The Balaban J connectivity index is 2.46. The molecule has 0 aliphatic heterocycles. The molecule has 0 spiro atoms. The summed E-state index contributed by atoms with van der Waals surface area (Å²) >= 11 is 12.2. The fourth-order valence-electron chi connectivity index (χ4n) is 2.72. The highest BCUT2D eigenvalue weighted by Crippen LogP contribution is 2.37. The first-order chi connectivity index (χ1) is 9.95. The van der Waals surface area contributed by atoms with Crippen molar-refractivity contribution in [3.8, 4) is 0 Å². The predicted octanol–water partition coefficient (Wildman–Crippen LogP) is 4.39. The molecule has 0 aliphatic carbocycles. The Hall–Kier alpha value is -1.06. The Kier molecular flexibility index (Phi) is 5.28. The van der Waals surface area contributed by atoms with E-state index in [4.69, 9.17) is 28.9 Å². The molecular weight excluding hydrogens is 305 g/mol. The SMILES string of the molecule is Cc1cccc(C)c1C(O)C(CN)c1ccc(Cl)cc1Cl. The maximum atomic E-state index is 10.8. The number of hydrogen-bond donors (Lipinski definition) is 2. The van der Waals surface area contributed by atoms with E-state index < -0.39 is 6.10 Å². The predicted molar refractivity (Wildman–Crippen MR) is 89.1 cm³/mol. The van der Waals surface area contributed by atoms with Gasteiger partial charge in [0.15, 0.2) is 0 Å². The summed E-state index contributed by atoms with van der Waals surface area (Å²) < 4.78 is 0. The lowest BCUT2D eigenvalue weighted by atomic mass is 9.85. The Morgan fingerprint density at radius 2 is 1.71 bits per heavy atom. The van der Waals surface area contributed by atoms with Crippen molar-refractivity contribution in [3.63, 3.8) is 0 Å². The molecule has 21 heavy (non-hydrogen) atoms. The third-order valence-corrected chi connectivity index (χ3v) is 4.40. The number of aryl methyl sites for hydroxylation is 2. The minimum atomic E-state index is -0.699. The number of hydrogen-bond acceptors (Lipinski definition) is 2. The second-order valence-corrected chi connectivity index (χ2v) is 6.10. The summed E-state index contributed by atoms with van der Waals surface area (Å²) in [7, 11) is 0. The summed E-state index contributed by atoms with van der Waals surface area (Å²) in [6.45, 7) is 4.28. The van der Waals surface area contributed by atoms with E-state index >= 15 is 0 Å². The van der Waals surface area contributed by atoms with Gasteiger partial charge in [0.05, 0.1) is 6.10 Å². The summed E-state index contributed by atoms with van der Waals surface area (Å²) in [5.41, 5.74) is 9.73. The number of nitrogens with two attached hydrogens (primary N) is 1. The molecule has 0 aromatic heterocycles. The van der Waals surface area contributed by atoms with Gasteiger partial charge in [0, 0.05) is 22.5 Å². The topological polar surface area (TPSA) is 46.2 Å². The van der Waals surface area contributed by atoms with Gasteiger partial charge in [-0.25, -0.2) is 0 Å². The van der Waals surface area contributed by atoms with Crippen LogP contribution in [0.3, 0.4) is 0 Å². The fourth-order valence-corrected chi connectivity index (χ4v) is 3.27. The van der Waals surface area contributed by atoms with Crippen LogP contribution in [0.4, 0.5) is 0 Å². The summed E-state index contributed by atoms with van der Waals surface area (Å²) in [4.78, 5) is 0. The van der Waals surface area contributed by atoms with Crippen LogP contribution in [0.2, 0.25) is 10.0 Å². The molecule has 4 heteroatoms. The molecule has 0 saturated heterocycles. The Morgan fingerprint density at radius 3 is 2.24 bits per heavy atom. The molecule has 2 aromatic carbocycles. The lowest BCUT2D eigenvalue weighted by Crippen LogP contribution is -2.21. The molecule has 112 valence electrons. The van der Waals surface area contributed by atoms with E-state index in [0.29, 0.717) is 16.6 Å². The molecule has 2 unspecified atom stereocenters. The van der Waals surface area contributed by atoms with Crippen molar-refractivity contribution in [2.24, 2.45) is 5.73 Å². The summed E-state index contributed by atoms with van der Waals surface area (Å²) in [6.07, 6.45) is -0.699. The van der Waals surface area contributed by atoms with Gasteiger partial charge >= 0.3 is 0 Å². The molecule has 0 saturated carbocycles. The second-order valence-electron chi connectivity index (χ2n) is 5.26. The zero-order valence-corrected chi connectivity index (χ0v) is 13.6. The first-order valence-electron chi connectivity index (χ1n) is 6.85. The summed E-state index contributed by atoms with van der Waals surface area (Å²) in [5, 5.41) is 11.9. The van der Waals surface area contributed by atoms with Crippen LogP contribution in [-0.4, -0.2) is 11.7 Å². The molecule has 3 N–H and O–H groups in total. The molecule has 2 rings (SSSR count). The maximum absolute atomic E-state index is 10.8. The zero-order valence-electron chi connectivity index (χ0n) is 12.1. The average Bonchev–Trinajstić information content (AvgIpc) is 2.41. The van der Waals surface area contributed by atoms with Gasteiger partial charge in [-0.2, -0.15) is 0 Å². The quantitative estimate of drug-likeness (QED) is 0.876. The number of aliphatic hydroxyl groups excluding tert-OH is 1. The first-order valence-corrected chi connectivity index (χ1v) is 7.60. The van der Waals surface area contributed by atoms with Crippen LogP contribution in [0.1, 0.15) is 34.3 Å². The number of halogens is 2. The molecule has 0 fully saturated rings. The fraction of sp³-hybridized carbons (Fsp3) is 0.294. The van der Waals surface area contributed by atoms with E-state index in [0.717, 1.165) is 22.3 Å². The number of rotatable bonds is 4. The minimum absolute atomic E-state index is 0.269. The van der Waals surface area contributed by atoms with Gasteiger partial charge in [0.25, 0.3) is 0 Å². The van der Waals surface area contributed by atoms with E-state index in [1.165, 1.54) is 0 Å². The standard InChI is InChI=1S/C17H19Cl2NO/c1-10-4-3-5-11(2)16(10)17(21)14(9-20)13-7-6-12(18)8-15(13)19/h3-8,14,17,21H,9,20H2,1-2H3. The van der Waals surface area contributed by atoms with E-state index in [2.05, 4.69) is 0 Å². The van der Waals surface area contributed by atoms with Crippen LogP contribution in [0.25, 0.3) is 0 Å². The molecule has 0 amide bonds. The van der Waals surface area contributed by atoms with Gasteiger partial charge < -0.3 is 10.8 Å². The molecular formula is C17H19Cl2NO. The smallest absolute Gasteiger partial charge is 0.0876 e. The van der Waals surface area contributed by atoms with Crippen molar-refractivity contribution in [2.75, 3.05) is 6.54 Å². The van der Waals surface area contributed by atoms with E-state index in [1.54, 1.807) is 12.1 Å². The van der Waals surface area contributed by atoms with Crippen molar-refractivity contribution in [2.45, 2.75) is 25.9 Å². The third kappa shape index (κ3) is 3.41. The zero-order chi connectivity index (χ0) is 15.6. The van der Waals surface area contributed by atoms with Gasteiger partial charge in [-0.05, 0) is 48.2 Å². The van der Waals surface area contributed by atoms with Crippen molar-refractivity contribution in [1.29, 1.82) is 0 Å². The number of benzene rings is 2. The normalized spacial score (nSPS) is 14.0. The molecule has 0 radical (unpaired) electrons.